The van der Waals surface area contributed by atoms with Crippen molar-refractivity contribution in [1.29, 1.82) is 5.26 Å². The molecular formula is C23H24F3N3O4. The van der Waals surface area contributed by atoms with E-state index in [0.29, 0.717) is 11.4 Å². The van der Waals surface area contributed by atoms with Crippen LogP contribution in [0.5, 0.6) is 0 Å². The zero-order valence-electron chi connectivity index (χ0n) is 17.8. The van der Waals surface area contributed by atoms with E-state index in [9.17, 15) is 33.4 Å². The Morgan fingerprint density at radius 1 is 1.21 bits per heavy atom. The molecule has 4 N–H and O–H groups in total. The highest BCUT2D eigenvalue weighted by atomic mass is 19.4. The van der Waals surface area contributed by atoms with Gasteiger partial charge in [0.15, 0.2) is 0 Å². The second kappa shape index (κ2) is 9.79. The number of carbonyl (C=O) groups excluding carboxylic acids is 1. The van der Waals surface area contributed by atoms with Gasteiger partial charge in [0, 0.05) is 24.8 Å². The lowest BCUT2D eigenvalue weighted by Gasteiger charge is -2.41. The minimum atomic E-state index is -5.01. The normalized spacial score (nSPS) is 18.7. The molecule has 1 saturated heterocycles. The predicted molar refractivity (Wildman–Crippen MR) is 116 cm³/mol. The molecule has 0 bridgehead atoms. The van der Waals surface area contributed by atoms with Crippen molar-refractivity contribution in [2.24, 2.45) is 0 Å². The van der Waals surface area contributed by atoms with E-state index in [2.05, 4.69) is 11.8 Å². The number of halogens is 3. The number of carbonyl (C=O) groups is 1. The van der Waals surface area contributed by atoms with Gasteiger partial charge >= 0.3 is 6.18 Å². The quantitative estimate of drug-likeness (QED) is 0.369. The average molecular weight is 463 g/mol. The molecule has 0 radical (unpaired) electrons. The van der Waals surface area contributed by atoms with Crippen molar-refractivity contribution in [1.82, 2.24) is 5.32 Å². The fourth-order valence-corrected chi connectivity index (χ4v) is 3.68. The second-order valence-electron chi connectivity index (χ2n) is 7.96. The molecule has 3 atom stereocenters. The van der Waals surface area contributed by atoms with E-state index in [4.69, 9.17) is 5.11 Å². The lowest BCUT2D eigenvalue weighted by Crippen LogP contribution is -2.45. The van der Waals surface area contributed by atoms with Crippen molar-refractivity contribution in [2.75, 3.05) is 24.6 Å². The lowest BCUT2D eigenvalue weighted by atomic mass is 9.95. The van der Waals surface area contributed by atoms with Gasteiger partial charge < -0.3 is 25.5 Å². The third-order valence-electron chi connectivity index (χ3n) is 5.74. The highest BCUT2D eigenvalue weighted by Gasteiger charge is 2.39. The highest BCUT2D eigenvalue weighted by Crippen LogP contribution is 2.38. The van der Waals surface area contributed by atoms with Crippen molar-refractivity contribution in [3.05, 3.63) is 47.5 Å². The van der Waals surface area contributed by atoms with Crippen molar-refractivity contribution >= 4 is 27.9 Å². The lowest BCUT2D eigenvalue weighted by molar-refractivity contribution is -0.118. The zero-order valence-corrected chi connectivity index (χ0v) is 17.8. The van der Waals surface area contributed by atoms with Gasteiger partial charge in [-0.1, -0.05) is 18.2 Å². The summed E-state index contributed by atoms with van der Waals surface area (Å²) in [5.41, 5.74) is -1.94. The third-order valence-corrected chi connectivity index (χ3v) is 5.74. The molecule has 2 aromatic carbocycles. The molecule has 1 aliphatic heterocycles. The highest BCUT2D eigenvalue weighted by molar-refractivity contribution is 6.06. The van der Waals surface area contributed by atoms with Crippen LogP contribution in [0.1, 0.15) is 18.9 Å². The summed E-state index contributed by atoms with van der Waals surface area (Å²) in [6.07, 6.45) is -7.14. The van der Waals surface area contributed by atoms with Crippen LogP contribution in [0.15, 0.2) is 42.0 Å². The van der Waals surface area contributed by atoms with E-state index in [1.807, 2.05) is 17.4 Å². The van der Waals surface area contributed by atoms with E-state index in [1.54, 1.807) is 6.07 Å². The Hall–Kier alpha value is -3.13. The minimum absolute atomic E-state index is 0.345. The van der Waals surface area contributed by atoms with E-state index in [1.165, 1.54) is 24.3 Å². The molecule has 0 aromatic heterocycles. The summed E-state index contributed by atoms with van der Waals surface area (Å²) in [7, 11) is 0. The Morgan fingerprint density at radius 2 is 1.88 bits per heavy atom. The smallest absolute Gasteiger partial charge is 0.394 e. The molecule has 1 amide bonds. The molecule has 1 heterocycles. The van der Waals surface area contributed by atoms with Gasteiger partial charge in [0.2, 0.25) is 0 Å². The van der Waals surface area contributed by atoms with Crippen LogP contribution in [0.25, 0.3) is 16.3 Å². The van der Waals surface area contributed by atoms with E-state index in [0.717, 1.165) is 24.0 Å². The van der Waals surface area contributed by atoms with Gasteiger partial charge in [-0.25, -0.2) is 0 Å². The van der Waals surface area contributed by atoms with Crippen molar-refractivity contribution in [3.8, 4) is 6.07 Å². The average Bonchev–Trinajstić information content (AvgIpc) is 2.77. The summed E-state index contributed by atoms with van der Waals surface area (Å²) in [6.45, 7) is 1.55. The largest absolute Gasteiger partial charge is 0.418 e. The molecule has 3 unspecified atom stereocenters. The van der Waals surface area contributed by atoms with Crippen LogP contribution >= 0.6 is 0 Å². The molecule has 0 spiro atoms. The number of anilines is 1. The molecule has 3 rings (SSSR count). The topological polar surface area (TPSA) is 117 Å². The van der Waals surface area contributed by atoms with Crippen LogP contribution in [-0.2, 0) is 4.79 Å². The number of aliphatic hydroxyl groups excluding tert-OH is 3. The van der Waals surface area contributed by atoms with Crippen molar-refractivity contribution in [2.45, 2.75) is 37.8 Å². The van der Waals surface area contributed by atoms with Gasteiger partial charge in [0.05, 0.1) is 18.3 Å². The number of hydrogen-bond acceptors (Lipinski definition) is 6. The maximum absolute atomic E-state index is 13.9. The van der Waals surface area contributed by atoms with Gasteiger partial charge in [-0.05, 0) is 47.9 Å². The van der Waals surface area contributed by atoms with Crippen molar-refractivity contribution in [3.63, 3.8) is 0 Å². The summed E-state index contributed by atoms with van der Waals surface area (Å²) < 4.78 is 41.8. The standard InChI is InChI=1S/C23H24F3N3O4/c1-13-6-7-29(13)17-5-4-14-8-16(3-2-15(14)9-17)21(23(24,25)26)18(10-27)22(33)28-11-19(31)20(32)12-30/h2-5,8-9,13,19-20,30-32H,6-7,11-12H2,1H3,(H,28,33)/b21-18-. The molecule has 1 aliphatic rings. The summed E-state index contributed by atoms with van der Waals surface area (Å²) in [4.78, 5) is 14.5. The van der Waals surface area contributed by atoms with Crippen LogP contribution in [0, 0.1) is 11.3 Å². The fourth-order valence-electron chi connectivity index (χ4n) is 3.68. The van der Waals surface area contributed by atoms with Crippen LogP contribution in [-0.4, -0.2) is 65.3 Å². The summed E-state index contributed by atoms with van der Waals surface area (Å²) in [5.74, 6) is -1.35. The molecule has 1 fully saturated rings. The van der Waals surface area contributed by atoms with Gasteiger partial charge in [-0.3, -0.25) is 4.79 Å². The zero-order chi connectivity index (χ0) is 24.3. The minimum Gasteiger partial charge on any atom is -0.394 e. The first-order valence-corrected chi connectivity index (χ1v) is 10.3. The molecule has 2 aromatic rings. The predicted octanol–water partition coefficient (Wildman–Crippen LogP) is 2.11. The monoisotopic (exact) mass is 463 g/mol. The third kappa shape index (κ3) is 5.27. The number of nitrogens with one attached hydrogen (secondary N) is 1. The maximum Gasteiger partial charge on any atom is 0.418 e. The number of amides is 1. The SMILES string of the molecule is CC1CCN1c1ccc2cc(/C(=C(\C#N)C(=O)NCC(O)C(O)CO)C(F)(F)F)ccc2c1. The number of aliphatic hydroxyl groups is 3. The molecule has 7 nitrogen and oxygen atoms in total. The number of benzene rings is 2. The number of alkyl halides is 3. The van der Waals surface area contributed by atoms with Crippen LogP contribution in [0.4, 0.5) is 18.9 Å². The van der Waals surface area contributed by atoms with E-state index >= 15 is 0 Å². The molecule has 0 saturated carbocycles. The Morgan fingerprint density at radius 3 is 2.42 bits per heavy atom. The van der Waals surface area contributed by atoms with Gasteiger partial charge in [-0.15, -0.1) is 0 Å². The Bertz CT molecular complexity index is 1110. The fraction of sp³-hybridized carbons (Fsp3) is 0.391. The number of nitriles is 1. The first-order chi connectivity index (χ1) is 15.6. The second-order valence-corrected chi connectivity index (χ2v) is 7.96. The number of allylic oxidation sites excluding steroid dienone is 1. The van der Waals surface area contributed by atoms with Crippen molar-refractivity contribution < 1.29 is 33.3 Å². The first-order valence-electron chi connectivity index (χ1n) is 10.3. The van der Waals surface area contributed by atoms with Gasteiger partial charge in [0.25, 0.3) is 5.91 Å². The summed E-state index contributed by atoms with van der Waals surface area (Å²) >= 11 is 0. The Kier molecular flexibility index (Phi) is 7.27. The van der Waals surface area contributed by atoms with Crippen LogP contribution < -0.4 is 10.2 Å². The molecule has 10 heteroatoms. The summed E-state index contributed by atoms with van der Waals surface area (Å²) in [5, 5.41) is 40.3. The number of fused-ring (bicyclic) bond motifs is 1. The Balaban J connectivity index is 1.96. The van der Waals surface area contributed by atoms with Gasteiger partial charge in [0.1, 0.15) is 17.7 Å². The molecule has 176 valence electrons. The molecule has 33 heavy (non-hydrogen) atoms. The van der Waals surface area contributed by atoms with Gasteiger partial charge in [-0.2, -0.15) is 18.4 Å². The van der Waals surface area contributed by atoms with Crippen LogP contribution in [0.2, 0.25) is 0 Å². The summed E-state index contributed by atoms with van der Waals surface area (Å²) in [6, 6.07) is 11.1. The maximum atomic E-state index is 13.9. The first kappa shape index (κ1) is 24.5. The van der Waals surface area contributed by atoms with Crippen LogP contribution in [0.3, 0.4) is 0 Å². The Labute approximate surface area is 188 Å². The molecular weight excluding hydrogens is 439 g/mol. The number of nitrogens with zero attached hydrogens (tertiary/aromatic N) is 2. The molecule has 0 aliphatic carbocycles. The number of rotatable bonds is 7. The number of hydrogen-bond donors (Lipinski definition) is 4. The van der Waals surface area contributed by atoms with E-state index < -0.39 is 48.6 Å². The van der Waals surface area contributed by atoms with E-state index in [-0.39, 0.29) is 5.56 Å².